The molecule has 0 unspecified atom stereocenters. The molecule has 0 amide bonds. The van der Waals surface area contributed by atoms with E-state index in [2.05, 4.69) is 27.2 Å². The lowest BCUT2D eigenvalue weighted by atomic mass is 10.2. The van der Waals surface area contributed by atoms with Crippen molar-refractivity contribution in [3.05, 3.63) is 76.0 Å². The van der Waals surface area contributed by atoms with E-state index in [4.69, 9.17) is 4.74 Å². The van der Waals surface area contributed by atoms with Gasteiger partial charge in [-0.05, 0) is 41.8 Å². The summed E-state index contributed by atoms with van der Waals surface area (Å²) in [5.74, 6) is 1.92. The van der Waals surface area contributed by atoms with Gasteiger partial charge in [-0.2, -0.15) is 0 Å². The van der Waals surface area contributed by atoms with Gasteiger partial charge in [-0.3, -0.25) is 4.57 Å². The average Bonchev–Trinajstić information content (AvgIpc) is 3.13. The standard InChI is InChI=1S/C23H24FN5O2S/c1-3-12-32-22-27-20(25-13-15-6-10-18(31-2)11-7-15)19-21(28-22)29(23(30)26-19)14-16-4-8-17(24)9-5-16/h4-11H,3,12-14H2,1-2H3,(H,26,30)(H,25,27,28). The number of nitrogens with one attached hydrogen (secondary N) is 2. The van der Waals surface area contributed by atoms with Gasteiger partial charge in [-0.1, -0.05) is 43.0 Å². The first-order valence-electron chi connectivity index (χ1n) is 10.3. The van der Waals surface area contributed by atoms with Gasteiger partial charge in [0.15, 0.2) is 16.6 Å². The minimum Gasteiger partial charge on any atom is -0.497 e. The Morgan fingerprint density at radius 2 is 1.81 bits per heavy atom. The lowest BCUT2D eigenvalue weighted by Crippen LogP contribution is -2.17. The van der Waals surface area contributed by atoms with Crippen molar-refractivity contribution in [1.82, 2.24) is 19.5 Å². The number of imidazole rings is 1. The van der Waals surface area contributed by atoms with Gasteiger partial charge < -0.3 is 15.0 Å². The first-order chi connectivity index (χ1) is 15.6. The van der Waals surface area contributed by atoms with Crippen molar-refractivity contribution in [3.8, 4) is 5.75 Å². The third-order valence-electron chi connectivity index (χ3n) is 4.91. The second-order valence-electron chi connectivity index (χ2n) is 7.25. The van der Waals surface area contributed by atoms with E-state index in [0.29, 0.717) is 28.7 Å². The molecule has 2 aromatic carbocycles. The fourth-order valence-corrected chi connectivity index (χ4v) is 3.94. The first kappa shape index (κ1) is 21.9. The van der Waals surface area contributed by atoms with Crippen LogP contribution < -0.4 is 15.7 Å². The maximum Gasteiger partial charge on any atom is 0.328 e. The molecule has 0 bridgehead atoms. The summed E-state index contributed by atoms with van der Waals surface area (Å²) in [5.41, 5.74) is 2.64. The van der Waals surface area contributed by atoms with E-state index >= 15 is 0 Å². The number of hydrogen-bond donors (Lipinski definition) is 2. The Morgan fingerprint density at radius 3 is 2.50 bits per heavy atom. The lowest BCUT2D eigenvalue weighted by Gasteiger charge is -2.10. The molecule has 0 fully saturated rings. The monoisotopic (exact) mass is 453 g/mol. The number of H-pyrrole nitrogens is 1. The number of methoxy groups -OCH3 is 1. The molecule has 32 heavy (non-hydrogen) atoms. The van der Waals surface area contributed by atoms with E-state index in [1.165, 1.54) is 12.1 Å². The van der Waals surface area contributed by atoms with E-state index in [-0.39, 0.29) is 18.1 Å². The number of aromatic nitrogens is 4. The van der Waals surface area contributed by atoms with Crippen LogP contribution >= 0.6 is 11.8 Å². The Labute approximate surface area is 189 Å². The molecule has 7 nitrogen and oxygen atoms in total. The Hall–Kier alpha value is -3.33. The quantitative estimate of drug-likeness (QED) is 0.288. The Morgan fingerprint density at radius 1 is 1.09 bits per heavy atom. The molecule has 4 aromatic rings. The van der Waals surface area contributed by atoms with E-state index in [9.17, 15) is 9.18 Å². The Balaban J connectivity index is 1.68. The van der Waals surface area contributed by atoms with Gasteiger partial charge >= 0.3 is 5.69 Å². The summed E-state index contributed by atoms with van der Waals surface area (Å²) in [6.45, 7) is 2.90. The zero-order chi connectivity index (χ0) is 22.5. The molecule has 0 atom stereocenters. The number of thioether (sulfide) groups is 1. The van der Waals surface area contributed by atoms with E-state index in [0.717, 1.165) is 29.1 Å². The van der Waals surface area contributed by atoms with Crippen LogP contribution in [0.1, 0.15) is 24.5 Å². The molecular weight excluding hydrogens is 429 g/mol. The molecule has 2 N–H and O–H groups in total. The summed E-state index contributed by atoms with van der Waals surface area (Å²) in [7, 11) is 1.63. The fourth-order valence-electron chi connectivity index (χ4n) is 3.24. The number of anilines is 1. The van der Waals surface area contributed by atoms with Gasteiger partial charge in [0.1, 0.15) is 17.1 Å². The first-order valence-corrected chi connectivity index (χ1v) is 11.3. The molecule has 0 saturated heterocycles. The van der Waals surface area contributed by atoms with Crippen molar-refractivity contribution in [2.75, 3.05) is 18.2 Å². The number of halogens is 1. The molecular formula is C23H24FN5O2S. The molecule has 0 saturated carbocycles. The summed E-state index contributed by atoms with van der Waals surface area (Å²) in [4.78, 5) is 24.9. The number of ether oxygens (including phenoxy) is 1. The summed E-state index contributed by atoms with van der Waals surface area (Å²) in [5, 5.41) is 3.93. The van der Waals surface area contributed by atoms with Gasteiger partial charge in [0, 0.05) is 12.3 Å². The number of rotatable bonds is 9. The number of hydrogen-bond acceptors (Lipinski definition) is 6. The molecule has 0 aliphatic carbocycles. The van der Waals surface area contributed by atoms with Crippen LogP contribution in [-0.2, 0) is 13.1 Å². The van der Waals surface area contributed by atoms with Crippen LogP contribution in [0.15, 0.2) is 58.5 Å². The summed E-state index contributed by atoms with van der Waals surface area (Å²) >= 11 is 1.54. The predicted molar refractivity (Wildman–Crippen MR) is 125 cm³/mol. The normalized spacial score (nSPS) is 11.1. The van der Waals surface area contributed by atoms with Crippen LogP contribution in [0.3, 0.4) is 0 Å². The number of benzene rings is 2. The molecule has 9 heteroatoms. The minimum atomic E-state index is -0.314. The van der Waals surface area contributed by atoms with Crippen molar-refractivity contribution in [2.45, 2.75) is 31.6 Å². The van der Waals surface area contributed by atoms with E-state index in [1.54, 1.807) is 35.6 Å². The molecule has 2 heterocycles. The second kappa shape index (κ2) is 9.86. The number of fused-ring (bicyclic) bond motifs is 1. The highest BCUT2D eigenvalue weighted by Crippen LogP contribution is 2.24. The van der Waals surface area contributed by atoms with Gasteiger partial charge in [0.2, 0.25) is 0 Å². The summed E-state index contributed by atoms with van der Waals surface area (Å²) in [6, 6.07) is 13.8. The van der Waals surface area contributed by atoms with Crippen molar-refractivity contribution < 1.29 is 9.13 Å². The Kier molecular flexibility index (Phi) is 6.75. The number of nitrogens with zero attached hydrogens (tertiary/aromatic N) is 3. The van der Waals surface area contributed by atoms with Crippen molar-refractivity contribution >= 4 is 28.7 Å². The van der Waals surface area contributed by atoms with Gasteiger partial charge in [0.05, 0.1) is 13.7 Å². The zero-order valence-electron chi connectivity index (χ0n) is 17.9. The second-order valence-corrected chi connectivity index (χ2v) is 8.31. The smallest absolute Gasteiger partial charge is 0.328 e. The summed E-state index contributed by atoms with van der Waals surface area (Å²) in [6.07, 6.45) is 0.982. The summed E-state index contributed by atoms with van der Waals surface area (Å²) < 4.78 is 20.0. The third-order valence-corrected chi connectivity index (χ3v) is 5.96. The fraction of sp³-hybridized carbons (Fsp3) is 0.261. The molecule has 0 aliphatic heterocycles. The van der Waals surface area contributed by atoms with Gasteiger partial charge in [0.25, 0.3) is 0 Å². The van der Waals surface area contributed by atoms with Crippen LogP contribution in [0.5, 0.6) is 5.75 Å². The van der Waals surface area contributed by atoms with E-state index in [1.807, 2.05) is 24.3 Å². The van der Waals surface area contributed by atoms with Crippen molar-refractivity contribution in [1.29, 1.82) is 0 Å². The maximum atomic E-state index is 13.3. The molecule has 4 rings (SSSR count). The average molecular weight is 454 g/mol. The molecule has 0 spiro atoms. The highest BCUT2D eigenvalue weighted by Gasteiger charge is 2.16. The predicted octanol–water partition coefficient (Wildman–Crippen LogP) is 4.43. The topological polar surface area (TPSA) is 84.8 Å². The highest BCUT2D eigenvalue weighted by atomic mass is 32.2. The van der Waals surface area contributed by atoms with Crippen LogP contribution in [0.25, 0.3) is 11.2 Å². The Bertz CT molecular complexity index is 1250. The van der Waals surface area contributed by atoms with Crippen molar-refractivity contribution in [2.24, 2.45) is 0 Å². The minimum absolute atomic E-state index is 0.284. The van der Waals surface area contributed by atoms with Crippen LogP contribution in [0, 0.1) is 5.82 Å². The van der Waals surface area contributed by atoms with Gasteiger partial charge in [-0.15, -0.1) is 0 Å². The van der Waals surface area contributed by atoms with Gasteiger partial charge in [-0.25, -0.2) is 19.2 Å². The zero-order valence-corrected chi connectivity index (χ0v) is 18.7. The third kappa shape index (κ3) is 4.94. The molecule has 0 aliphatic rings. The lowest BCUT2D eigenvalue weighted by molar-refractivity contribution is 0.414. The molecule has 166 valence electrons. The number of aromatic amines is 1. The van der Waals surface area contributed by atoms with Crippen LogP contribution in [-0.4, -0.2) is 32.4 Å². The van der Waals surface area contributed by atoms with Crippen molar-refractivity contribution in [3.63, 3.8) is 0 Å². The largest absolute Gasteiger partial charge is 0.497 e. The van der Waals surface area contributed by atoms with E-state index < -0.39 is 0 Å². The van der Waals surface area contributed by atoms with Crippen LogP contribution in [0.4, 0.5) is 10.2 Å². The van der Waals surface area contributed by atoms with Crippen LogP contribution in [0.2, 0.25) is 0 Å². The SMILES string of the molecule is CCCSc1nc(NCc2ccc(OC)cc2)c2[nH]c(=O)n(Cc3ccc(F)cc3)c2n1. The molecule has 2 aromatic heterocycles. The highest BCUT2D eigenvalue weighted by molar-refractivity contribution is 7.99. The maximum absolute atomic E-state index is 13.3. The molecule has 0 radical (unpaired) electrons.